The van der Waals surface area contributed by atoms with Crippen molar-refractivity contribution in [1.29, 1.82) is 0 Å². The van der Waals surface area contributed by atoms with Crippen molar-refractivity contribution in [3.05, 3.63) is 0 Å². The van der Waals surface area contributed by atoms with Gasteiger partial charge in [0.1, 0.15) is 189 Å². The monoisotopic (exact) mass is 1570 g/mol. The van der Waals surface area contributed by atoms with Crippen molar-refractivity contribution in [2.24, 2.45) is 0 Å². The Morgan fingerprint density at radius 2 is 0.757 bits per heavy atom. The number of hydrogen-bond acceptors (Lipinski definition) is 43. The maximum atomic E-state index is 13.3. The highest BCUT2D eigenvalue weighted by Gasteiger charge is 2.62. The van der Waals surface area contributed by atoms with E-state index in [0.717, 1.165) is 27.7 Å². The van der Waals surface area contributed by atoms with Crippen molar-refractivity contribution in [2.45, 2.75) is 285 Å². The summed E-state index contributed by atoms with van der Waals surface area (Å²) in [6, 6.07) is -7.24. The Morgan fingerprint density at radius 1 is 0.383 bits per heavy atom. The Morgan fingerprint density at radius 3 is 1.28 bits per heavy atom. The topological polar surface area (TPSA) is 757 Å². The van der Waals surface area contributed by atoms with Crippen LogP contribution in [0.5, 0.6) is 0 Å². The van der Waals surface area contributed by atoms with Crippen LogP contribution in [0.2, 0.25) is 0 Å². The molecule has 0 spiro atoms. The zero-order chi connectivity index (χ0) is 79.3. The third-order valence-corrected chi connectivity index (χ3v) is 19.2. The molecule has 48 nitrogen and oxygen atoms in total. The summed E-state index contributed by atoms with van der Waals surface area (Å²) in [5.41, 5.74) is 0. The Labute approximate surface area is 605 Å². The van der Waals surface area contributed by atoms with Gasteiger partial charge in [-0.25, -0.2) is 4.79 Å². The first kappa shape index (κ1) is 88.4. The lowest BCUT2D eigenvalue weighted by Gasteiger charge is -2.51. The summed E-state index contributed by atoms with van der Waals surface area (Å²) in [5.74, 6) is -8.83. The molecule has 41 atom stereocenters. The highest BCUT2D eigenvalue weighted by atomic mass is 16.8. The summed E-state index contributed by atoms with van der Waals surface area (Å²) in [4.78, 5) is 63.5. The van der Waals surface area contributed by atoms with Gasteiger partial charge >= 0.3 is 5.97 Å². The van der Waals surface area contributed by atoms with Gasteiger partial charge < -0.3 is 215 Å². The minimum absolute atomic E-state index is 0.769. The van der Waals surface area contributed by atoms with Crippen molar-refractivity contribution in [1.82, 2.24) is 21.3 Å². The van der Waals surface area contributed by atoms with Crippen LogP contribution in [-0.4, -0.2) is 456 Å². The number of carboxylic acids is 1. The number of ether oxygens (including phenoxy) is 15. The van der Waals surface area contributed by atoms with E-state index in [2.05, 4.69) is 21.3 Å². The fraction of sp³-hybridized carbons (Fsp3) is 0.915. The maximum absolute atomic E-state index is 13.3. The molecule has 0 saturated carbocycles. The summed E-state index contributed by atoms with van der Waals surface area (Å²) >= 11 is 0. The van der Waals surface area contributed by atoms with Crippen LogP contribution in [0.15, 0.2) is 0 Å². The summed E-state index contributed by atoms with van der Waals surface area (Å²) in [6.45, 7) is -5.13. The number of carboxylic acid groups (broad SMARTS) is 1. The number of aliphatic hydroxyl groups is 23. The van der Waals surface area contributed by atoms with E-state index in [9.17, 15) is 147 Å². The number of carbonyl (C=O) groups is 5. The van der Waals surface area contributed by atoms with E-state index in [1.165, 1.54) is 0 Å². The number of nitrogens with one attached hydrogen (secondary N) is 4. The standard InChI is InChI=1S/C59H98N4O44/c1-14(70)60-27-18(74)5-59(58(91)92,107-49(27)31(76)19(75)6-64)94-13-26-34(79)48(105-55-42(87)39(84)33(78)21(8-66)97-55)30(63-17(4)73)53(100-26)103-47-24(11-69)99-56(43(88)40(47)85)106-50-35(80)25(12-93-54-41(86)38(83)32(77)20(7-65)96-54)101-57(44(50)89)104-46-23(10-68)98-52(29(37(46)82)62-16(3)72)102-45-22(9-67)95-51(90)28(36(45)81)61-15(2)71/h18-57,64-69,74-90H,5-13H2,1-4H3,(H,60,70)(H,61,71)(H,62,72)(H,63,73)(H,91,92)/t18-,19+,20+,21+,22+,23+,24+,25+,26+,27+,28+,29+,30+,31+,32+,33-,34+,35+,36+,37+,38-,39-,40+,41-,42+,43-,44-,45+,46+,47+,48+,49+,50-,51+,52-,53-,54-,55-,56+,57-,59+/m0/s1. The average Bonchev–Trinajstić information content (AvgIpc) is 0.767. The van der Waals surface area contributed by atoms with Gasteiger partial charge in [-0.2, -0.15) is 0 Å². The average molecular weight is 1570 g/mol. The lowest BCUT2D eigenvalue weighted by atomic mass is 9.88. The van der Waals surface area contributed by atoms with E-state index in [1.807, 2.05) is 0 Å². The number of carbonyl (C=O) groups excluding carboxylic acids is 4. The Balaban J connectivity index is 1.10. The molecule has 8 heterocycles. The third kappa shape index (κ3) is 19.7. The molecule has 0 aliphatic carbocycles. The van der Waals surface area contributed by atoms with Gasteiger partial charge in [-0.15, -0.1) is 0 Å². The summed E-state index contributed by atoms with van der Waals surface area (Å²) in [7, 11) is 0. The number of amides is 4. The molecule has 618 valence electrons. The lowest BCUT2D eigenvalue weighted by molar-refractivity contribution is -0.392. The smallest absolute Gasteiger partial charge is 0.364 e. The van der Waals surface area contributed by atoms with Gasteiger partial charge in [-0.05, 0) is 0 Å². The van der Waals surface area contributed by atoms with E-state index in [4.69, 9.17) is 71.1 Å². The van der Waals surface area contributed by atoms with E-state index in [-0.39, 0.29) is 0 Å². The molecular weight excluding hydrogens is 1470 g/mol. The number of aliphatic carboxylic acids is 1. The molecule has 0 aromatic heterocycles. The van der Waals surface area contributed by atoms with E-state index in [1.54, 1.807) is 0 Å². The van der Waals surface area contributed by atoms with Crippen LogP contribution in [0.4, 0.5) is 0 Å². The molecular formula is C59H98N4O44. The zero-order valence-corrected chi connectivity index (χ0v) is 57.4. The Bertz CT molecular complexity index is 2870. The molecule has 8 fully saturated rings. The zero-order valence-electron chi connectivity index (χ0n) is 57.4. The van der Waals surface area contributed by atoms with Crippen LogP contribution in [0.3, 0.4) is 0 Å². The van der Waals surface area contributed by atoms with Crippen LogP contribution >= 0.6 is 0 Å². The molecule has 8 rings (SSSR count). The number of rotatable bonds is 29. The van der Waals surface area contributed by atoms with Gasteiger partial charge in [0, 0.05) is 34.1 Å². The Kier molecular flexibility index (Phi) is 31.5. The van der Waals surface area contributed by atoms with E-state index >= 15 is 0 Å². The van der Waals surface area contributed by atoms with Gasteiger partial charge in [-0.1, -0.05) is 0 Å². The van der Waals surface area contributed by atoms with Crippen LogP contribution in [0, 0.1) is 0 Å². The first-order chi connectivity index (χ1) is 50.4. The first-order valence-corrected chi connectivity index (χ1v) is 33.7. The van der Waals surface area contributed by atoms with E-state index in [0.29, 0.717) is 0 Å². The van der Waals surface area contributed by atoms with Gasteiger partial charge in [0.05, 0.1) is 65.0 Å². The van der Waals surface area contributed by atoms with Crippen molar-refractivity contribution < 1.29 is 218 Å². The highest BCUT2D eigenvalue weighted by molar-refractivity contribution is 5.77. The first-order valence-electron chi connectivity index (χ1n) is 33.7. The van der Waals surface area contributed by atoms with Crippen molar-refractivity contribution in [3.8, 4) is 0 Å². The second-order valence-electron chi connectivity index (χ2n) is 26.8. The van der Waals surface area contributed by atoms with Crippen LogP contribution in [0.25, 0.3) is 0 Å². The van der Waals surface area contributed by atoms with Gasteiger partial charge in [0.15, 0.2) is 44.0 Å². The fourth-order valence-electron chi connectivity index (χ4n) is 13.6. The predicted molar refractivity (Wildman–Crippen MR) is 328 cm³/mol. The molecule has 107 heavy (non-hydrogen) atoms. The molecule has 4 amide bonds. The van der Waals surface area contributed by atoms with Gasteiger partial charge in [-0.3, -0.25) is 19.2 Å². The highest BCUT2D eigenvalue weighted by Crippen LogP contribution is 2.40. The van der Waals surface area contributed by atoms with Crippen molar-refractivity contribution in [2.75, 3.05) is 52.9 Å². The molecule has 28 N–H and O–H groups in total. The van der Waals surface area contributed by atoms with Crippen LogP contribution in [-0.2, 0) is 95.0 Å². The fourth-order valence-corrected chi connectivity index (χ4v) is 13.6. The van der Waals surface area contributed by atoms with Gasteiger partial charge in [0.25, 0.3) is 5.79 Å². The molecule has 8 saturated heterocycles. The van der Waals surface area contributed by atoms with Gasteiger partial charge in [0.2, 0.25) is 23.6 Å². The molecule has 0 unspecified atom stereocenters. The normalized spacial score (nSPS) is 46.9. The second-order valence-corrected chi connectivity index (χ2v) is 26.8. The minimum atomic E-state index is -3.18. The largest absolute Gasteiger partial charge is 0.477 e. The SMILES string of the molecule is CC(=O)N[C@@H]1[C@@H](O)[C@H](O[C@@H]2O[C@H](CO)[C@@H](O[C@@H]3O[C@H](CO[C@H]4O[C@H](CO)[C@@H](O)[C@H](O)[C@@H]4O)[C@@H](O)[C@H](O[C@H]4O[C@H](CO)[C@@H](O[C@@H]5O[C@H](CO[C@]6(C(=O)O)C[C@H](O)[C@@H](NC(C)=O)[C@H]([C@H](O)[C@H](O)CO)O6)[C@@H](O)[C@H](O[C@@H]6O[C@H](CO)[C@H](O)[C@H](O)[C@H]6O)[C@H]5NC(C)=O)[C@H](O)[C@@H]4O)[C@@H]3O)[C@H](O)[C@H]2NC(C)=O)[C@@H](CO)O[C@H]1O. The summed E-state index contributed by atoms with van der Waals surface area (Å²) < 4.78 is 87.5. The number of aliphatic hydroxyl groups excluding tert-OH is 23. The quantitative estimate of drug-likeness (QED) is 0.0331. The Hall–Kier alpha value is -4.17. The summed E-state index contributed by atoms with van der Waals surface area (Å²) in [6.07, 6.45) is -77.4. The molecule has 8 aliphatic heterocycles. The van der Waals surface area contributed by atoms with E-state index < -0.39 is 340 Å². The predicted octanol–water partition coefficient (Wildman–Crippen LogP) is -18.7. The maximum Gasteiger partial charge on any atom is 0.364 e. The lowest BCUT2D eigenvalue weighted by Crippen LogP contribution is -2.71. The summed E-state index contributed by atoms with van der Waals surface area (Å²) in [5, 5.41) is 273. The minimum Gasteiger partial charge on any atom is -0.477 e. The molecule has 0 aromatic carbocycles. The number of hydrogen-bond donors (Lipinski definition) is 28. The second kappa shape index (κ2) is 38.1. The molecule has 48 heteroatoms. The molecule has 0 aromatic rings. The molecule has 0 bridgehead atoms. The van der Waals surface area contributed by atoms with Crippen molar-refractivity contribution >= 4 is 29.6 Å². The van der Waals surface area contributed by atoms with Crippen molar-refractivity contribution in [3.63, 3.8) is 0 Å². The molecule has 8 aliphatic rings. The van der Waals surface area contributed by atoms with Crippen LogP contribution < -0.4 is 21.3 Å². The third-order valence-electron chi connectivity index (χ3n) is 19.2. The van der Waals surface area contributed by atoms with Crippen LogP contribution in [0.1, 0.15) is 34.1 Å². The molecule has 0 radical (unpaired) electrons.